The average Bonchev–Trinajstić information content (AvgIpc) is 2.81. The van der Waals surface area contributed by atoms with Gasteiger partial charge in [-0.25, -0.2) is 4.79 Å². The molecule has 8 nitrogen and oxygen atoms in total. The molecular formula is C14H22N4O4. The topological polar surface area (TPSA) is 97.5 Å². The van der Waals surface area contributed by atoms with Crippen molar-refractivity contribution < 1.29 is 19.4 Å². The molecule has 0 radical (unpaired) electrons. The van der Waals surface area contributed by atoms with Crippen LogP contribution in [0.4, 0.5) is 4.79 Å². The van der Waals surface area contributed by atoms with Crippen LogP contribution < -0.4 is 0 Å². The van der Waals surface area contributed by atoms with Crippen molar-refractivity contribution in [2.75, 3.05) is 6.54 Å². The maximum Gasteiger partial charge on any atom is 0.410 e. The number of carbonyl (C=O) groups is 2. The number of carboxylic acids is 1. The number of carbonyl (C=O) groups excluding carboxylic acids is 1. The number of piperidine rings is 1. The fourth-order valence-corrected chi connectivity index (χ4v) is 2.66. The molecule has 0 unspecified atom stereocenters. The average molecular weight is 310 g/mol. The Kier molecular flexibility index (Phi) is 4.39. The van der Waals surface area contributed by atoms with Gasteiger partial charge >= 0.3 is 12.1 Å². The van der Waals surface area contributed by atoms with Gasteiger partial charge in [0.1, 0.15) is 18.0 Å². The van der Waals surface area contributed by atoms with Crippen molar-refractivity contribution in [1.29, 1.82) is 0 Å². The summed E-state index contributed by atoms with van der Waals surface area (Å²) in [5, 5.41) is 17.3. The number of aryl methyl sites for hydroxylation is 1. The molecule has 0 spiro atoms. The molecule has 8 heteroatoms. The minimum Gasteiger partial charge on any atom is -0.481 e. The molecule has 122 valence electrons. The van der Waals surface area contributed by atoms with Crippen LogP contribution in [0.15, 0.2) is 6.33 Å². The molecule has 1 N–H and O–H groups in total. The molecule has 0 saturated carbocycles. The second-order valence-electron chi connectivity index (χ2n) is 6.51. The summed E-state index contributed by atoms with van der Waals surface area (Å²) < 4.78 is 7.05. The molecule has 0 bridgehead atoms. The summed E-state index contributed by atoms with van der Waals surface area (Å²) in [5.74, 6) is -1.21. The van der Waals surface area contributed by atoms with E-state index < -0.39 is 29.6 Å². The molecule has 2 atom stereocenters. The van der Waals surface area contributed by atoms with E-state index in [1.807, 2.05) is 0 Å². The minimum atomic E-state index is -0.943. The van der Waals surface area contributed by atoms with Crippen molar-refractivity contribution in [3.8, 4) is 0 Å². The summed E-state index contributed by atoms with van der Waals surface area (Å²) in [4.78, 5) is 25.5. The Morgan fingerprint density at radius 1 is 1.41 bits per heavy atom. The van der Waals surface area contributed by atoms with Gasteiger partial charge in [0.25, 0.3) is 0 Å². The first-order valence-electron chi connectivity index (χ1n) is 7.27. The highest BCUT2D eigenvalue weighted by Crippen LogP contribution is 2.36. The van der Waals surface area contributed by atoms with Gasteiger partial charge in [-0.05, 0) is 33.6 Å². The molecule has 1 saturated heterocycles. The molecule has 1 aromatic heterocycles. The number of hydrogen-bond donors (Lipinski definition) is 1. The molecule has 0 aromatic carbocycles. The van der Waals surface area contributed by atoms with Gasteiger partial charge in [-0.1, -0.05) is 0 Å². The van der Waals surface area contributed by atoms with Crippen LogP contribution in [0, 0.1) is 5.92 Å². The first-order chi connectivity index (χ1) is 10.2. The number of likely N-dealkylation sites (tertiary alicyclic amines) is 1. The van der Waals surface area contributed by atoms with E-state index in [1.165, 1.54) is 11.2 Å². The van der Waals surface area contributed by atoms with Crippen LogP contribution in [0.2, 0.25) is 0 Å². The van der Waals surface area contributed by atoms with E-state index >= 15 is 0 Å². The first kappa shape index (κ1) is 16.3. The van der Waals surface area contributed by atoms with Crippen LogP contribution in [0.5, 0.6) is 0 Å². The number of aromatic nitrogens is 3. The van der Waals surface area contributed by atoms with Crippen LogP contribution in [-0.4, -0.2) is 49.0 Å². The molecule has 1 aliphatic heterocycles. The maximum atomic E-state index is 12.5. The van der Waals surface area contributed by atoms with E-state index in [-0.39, 0.29) is 0 Å². The van der Waals surface area contributed by atoms with E-state index in [0.29, 0.717) is 25.2 Å². The van der Waals surface area contributed by atoms with Crippen LogP contribution in [0.3, 0.4) is 0 Å². The highest BCUT2D eigenvalue weighted by molar-refractivity contribution is 5.74. The number of hydrogen-bond acceptors (Lipinski definition) is 5. The lowest BCUT2D eigenvalue weighted by molar-refractivity contribution is -0.146. The Bertz CT molecular complexity index is 563. The van der Waals surface area contributed by atoms with Gasteiger partial charge in [0.2, 0.25) is 0 Å². The fraction of sp³-hybridized carbons (Fsp3) is 0.714. The molecule has 1 fully saturated rings. The van der Waals surface area contributed by atoms with E-state index in [4.69, 9.17) is 4.74 Å². The lowest BCUT2D eigenvalue weighted by atomic mass is 9.88. The third-order valence-corrected chi connectivity index (χ3v) is 3.59. The Balaban J connectivity index is 2.35. The highest BCUT2D eigenvalue weighted by Gasteiger charge is 2.43. The molecule has 0 aliphatic carbocycles. The van der Waals surface area contributed by atoms with E-state index in [9.17, 15) is 14.7 Å². The van der Waals surface area contributed by atoms with Gasteiger partial charge in [0, 0.05) is 13.6 Å². The lowest BCUT2D eigenvalue weighted by Crippen LogP contribution is -2.47. The fourth-order valence-electron chi connectivity index (χ4n) is 2.66. The second-order valence-corrected chi connectivity index (χ2v) is 6.51. The number of amides is 1. The van der Waals surface area contributed by atoms with Crippen molar-refractivity contribution in [3.63, 3.8) is 0 Å². The predicted molar refractivity (Wildman–Crippen MR) is 77.0 cm³/mol. The zero-order valence-corrected chi connectivity index (χ0v) is 13.3. The molecule has 2 rings (SSSR count). The number of carboxylic acid groups (broad SMARTS) is 1. The van der Waals surface area contributed by atoms with Gasteiger partial charge in [-0.2, -0.15) is 0 Å². The van der Waals surface area contributed by atoms with Crippen molar-refractivity contribution in [3.05, 3.63) is 12.2 Å². The van der Waals surface area contributed by atoms with Gasteiger partial charge in [0.05, 0.1) is 5.92 Å². The Labute approximate surface area is 129 Å². The van der Waals surface area contributed by atoms with Gasteiger partial charge < -0.3 is 14.4 Å². The largest absolute Gasteiger partial charge is 0.481 e. The van der Waals surface area contributed by atoms with Crippen LogP contribution >= 0.6 is 0 Å². The van der Waals surface area contributed by atoms with E-state index in [2.05, 4.69) is 10.2 Å². The normalized spacial score (nSPS) is 22.5. The highest BCUT2D eigenvalue weighted by atomic mass is 16.6. The van der Waals surface area contributed by atoms with Gasteiger partial charge in [0.15, 0.2) is 5.82 Å². The Morgan fingerprint density at radius 3 is 2.59 bits per heavy atom. The molecule has 2 heterocycles. The lowest BCUT2D eigenvalue weighted by Gasteiger charge is -2.39. The third-order valence-electron chi connectivity index (χ3n) is 3.59. The van der Waals surface area contributed by atoms with Crippen molar-refractivity contribution in [1.82, 2.24) is 19.7 Å². The third kappa shape index (κ3) is 3.37. The van der Waals surface area contributed by atoms with E-state index in [0.717, 1.165) is 0 Å². The zero-order valence-electron chi connectivity index (χ0n) is 13.3. The summed E-state index contributed by atoms with van der Waals surface area (Å²) in [6, 6.07) is -0.673. The van der Waals surface area contributed by atoms with E-state index in [1.54, 1.807) is 32.4 Å². The van der Waals surface area contributed by atoms with Crippen LogP contribution in [0.25, 0.3) is 0 Å². The molecular weight excluding hydrogens is 288 g/mol. The number of rotatable bonds is 2. The summed E-state index contributed by atoms with van der Waals surface area (Å²) in [6.45, 7) is 5.78. The number of ether oxygens (including phenoxy) is 1. The number of aliphatic carboxylic acids is 1. The quantitative estimate of drug-likeness (QED) is 0.890. The minimum absolute atomic E-state index is 0.441. The number of nitrogens with zero attached hydrogens (tertiary/aromatic N) is 4. The van der Waals surface area contributed by atoms with Crippen molar-refractivity contribution in [2.45, 2.75) is 45.3 Å². The van der Waals surface area contributed by atoms with Gasteiger partial charge in [-0.3, -0.25) is 9.69 Å². The Morgan fingerprint density at radius 2 is 2.09 bits per heavy atom. The first-order valence-corrected chi connectivity index (χ1v) is 7.27. The molecule has 1 amide bonds. The summed E-state index contributed by atoms with van der Waals surface area (Å²) in [6.07, 6.45) is 2.08. The SMILES string of the molecule is Cn1cnnc1[C@@H]1[C@H](C(=O)O)CCCN1C(=O)OC(C)(C)C. The summed E-state index contributed by atoms with van der Waals surface area (Å²) in [7, 11) is 1.73. The van der Waals surface area contributed by atoms with Gasteiger partial charge in [-0.15, -0.1) is 10.2 Å². The second kappa shape index (κ2) is 5.94. The molecule has 1 aliphatic rings. The standard InChI is InChI=1S/C14H22N4O4/c1-14(2,3)22-13(21)18-7-5-6-9(12(19)20)10(18)11-16-15-8-17(11)4/h8-10H,5-7H2,1-4H3,(H,19,20)/t9-,10+/m1/s1. The van der Waals surface area contributed by atoms with Crippen LogP contribution in [0.1, 0.15) is 45.5 Å². The smallest absolute Gasteiger partial charge is 0.410 e. The zero-order chi connectivity index (χ0) is 16.5. The predicted octanol–water partition coefficient (Wildman–Crippen LogP) is 1.59. The maximum absolute atomic E-state index is 12.5. The molecule has 22 heavy (non-hydrogen) atoms. The summed E-state index contributed by atoms with van der Waals surface area (Å²) in [5.41, 5.74) is -0.641. The monoisotopic (exact) mass is 310 g/mol. The van der Waals surface area contributed by atoms with Crippen molar-refractivity contribution >= 4 is 12.1 Å². The summed E-state index contributed by atoms with van der Waals surface area (Å²) >= 11 is 0. The molecule has 1 aromatic rings. The Hall–Kier alpha value is -2.12. The van der Waals surface area contributed by atoms with Crippen molar-refractivity contribution in [2.24, 2.45) is 13.0 Å². The van der Waals surface area contributed by atoms with Crippen LogP contribution in [-0.2, 0) is 16.6 Å².